The minimum atomic E-state index is -0.219. The predicted octanol–water partition coefficient (Wildman–Crippen LogP) is 3.38. The summed E-state index contributed by atoms with van der Waals surface area (Å²) in [5.41, 5.74) is 1.97. The van der Waals surface area contributed by atoms with Gasteiger partial charge in [-0.2, -0.15) is 0 Å². The first-order valence-corrected chi connectivity index (χ1v) is 10.2. The Morgan fingerprint density at radius 3 is 2.59 bits per heavy atom. The highest BCUT2D eigenvalue weighted by molar-refractivity contribution is 6.07. The van der Waals surface area contributed by atoms with Gasteiger partial charge in [0.25, 0.3) is 0 Å². The molecule has 1 aromatic heterocycles. The molecule has 2 aromatic rings. The molecule has 0 unspecified atom stereocenters. The molecule has 29 heavy (non-hydrogen) atoms. The van der Waals surface area contributed by atoms with Crippen LogP contribution in [0.15, 0.2) is 36.4 Å². The molecular weight excluding hydrogens is 368 g/mol. The van der Waals surface area contributed by atoms with Crippen molar-refractivity contribution in [2.75, 3.05) is 36.0 Å². The number of nitrogens with one attached hydrogen (secondary N) is 1. The van der Waals surface area contributed by atoms with Crippen LogP contribution in [-0.2, 0) is 6.54 Å². The molecule has 7 heteroatoms. The van der Waals surface area contributed by atoms with Crippen LogP contribution in [0.3, 0.4) is 0 Å². The Morgan fingerprint density at radius 1 is 1.10 bits per heavy atom. The third kappa shape index (κ3) is 4.18. The summed E-state index contributed by atoms with van der Waals surface area (Å²) in [6, 6.07) is 11.2. The SMILES string of the molecule is CCOc1ccc(CNC(=O)N2CCC(=O)c3nc(N4CCCC4)ccc32)cc1. The summed E-state index contributed by atoms with van der Waals surface area (Å²) >= 11 is 0. The molecule has 1 fully saturated rings. The maximum atomic E-state index is 12.8. The molecule has 2 aliphatic rings. The zero-order valence-electron chi connectivity index (χ0n) is 16.7. The van der Waals surface area contributed by atoms with Crippen molar-refractivity contribution in [1.29, 1.82) is 0 Å². The zero-order valence-corrected chi connectivity index (χ0v) is 16.7. The highest BCUT2D eigenvalue weighted by Crippen LogP contribution is 2.29. The number of carbonyl (C=O) groups excluding carboxylic acids is 2. The Balaban J connectivity index is 1.45. The van der Waals surface area contributed by atoms with Crippen LogP contribution in [0.2, 0.25) is 0 Å². The van der Waals surface area contributed by atoms with Crippen molar-refractivity contribution in [2.24, 2.45) is 0 Å². The highest BCUT2D eigenvalue weighted by atomic mass is 16.5. The Hall–Kier alpha value is -3.09. The molecule has 152 valence electrons. The third-order valence-electron chi connectivity index (χ3n) is 5.33. The smallest absolute Gasteiger partial charge is 0.322 e. The molecule has 2 aliphatic heterocycles. The molecule has 4 rings (SSSR count). The molecular formula is C22H26N4O3. The monoisotopic (exact) mass is 394 g/mol. The van der Waals surface area contributed by atoms with Crippen molar-refractivity contribution in [3.8, 4) is 5.75 Å². The van der Waals surface area contributed by atoms with E-state index in [1.807, 2.05) is 43.3 Å². The fourth-order valence-electron chi connectivity index (χ4n) is 3.79. The molecule has 1 N–H and O–H groups in total. The van der Waals surface area contributed by atoms with Gasteiger partial charge in [-0.1, -0.05) is 12.1 Å². The van der Waals surface area contributed by atoms with Crippen LogP contribution < -0.4 is 19.9 Å². The second kappa shape index (κ2) is 8.51. The van der Waals surface area contributed by atoms with Crippen LogP contribution in [-0.4, -0.2) is 43.0 Å². The minimum absolute atomic E-state index is 0.00314. The molecule has 3 heterocycles. The van der Waals surface area contributed by atoms with Crippen molar-refractivity contribution in [3.05, 3.63) is 47.7 Å². The summed E-state index contributed by atoms with van der Waals surface area (Å²) in [7, 11) is 0. The Bertz CT molecular complexity index is 891. The number of nitrogens with zero attached hydrogens (tertiary/aromatic N) is 3. The number of ether oxygens (including phenoxy) is 1. The van der Waals surface area contributed by atoms with Crippen molar-refractivity contribution in [1.82, 2.24) is 10.3 Å². The average molecular weight is 394 g/mol. The van der Waals surface area contributed by atoms with E-state index in [4.69, 9.17) is 4.74 Å². The summed E-state index contributed by atoms with van der Waals surface area (Å²) in [4.78, 5) is 33.6. The first-order chi connectivity index (χ1) is 14.2. The lowest BCUT2D eigenvalue weighted by Crippen LogP contribution is -2.44. The molecule has 0 radical (unpaired) electrons. The number of amides is 2. The van der Waals surface area contributed by atoms with E-state index in [0.717, 1.165) is 43.1 Å². The van der Waals surface area contributed by atoms with E-state index in [9.17, 15) is 9.59 Å². The number of rotatable bonds is 5. The predicted molar refractivity (Wildman–Crippen MR) is 112 cm³/mol. The molecule has 0 atom stereocenters. The molecule has 0 saturated carbocycles. The zero-order chi connectivity index (χ0) is 20.2. The standard InChI is InChI=1S/C22H26N4O3/c1-2-29-17-7-5-16(6-8-17)15-23-22(28)26-14-11-19(27)21-18(26)9-10-20(24-21)25-12-3-4-13-25/h5-10H,2-4,11-15H2,1H3,(H,23,28). The van der Waals surface area contributed by atoms with Crippen LogP contribution in [0.5, 0.6) is 5.75 Å². The number of aromatic nitrogens is 1. The van der Waals surface area contributed by atoms with Crippen LogP contribution >= 0.6 is 0 Å². The number of urea groups is 1. The average Bonchev–Trinajstić information content (AvgIpc) is 3.28. The number of hydrogen-bond donors (Lipinski definition) is 1. The van der Waals surface area contributed by atoms with Crippen molar-refractivity contribution >= 4 is 23.3 Å². The summed E-state index contributed by atoms with van der Waals surface area (Å²) < 4.78 is 5.44. The van der Waals surface area contributed by atoms with E-state index >= 15 is 0 Å². The van der Waals surface area contributed by atoms with Gasteiger partial charge in [-0.3, -0.25) is 9.69 Å². The van der Waals surface area contributed by atoms with Crippen LogP contribution in [0.1, 0.15) is 42.2 Å². The number of ketones is 1. The highest BCUT2D eigenvalue weighted by Gasteiger charge is 2.29. The maximum absolute atomic E-state index is 12.8. The van der Waals surface area contributed by atoms with Gasteiger partial charge in [0.1, 0.15) is 17.3 Å². The van der Waals surface area contributed by atoms with Gasteiger partial charge in [-0.15, -0.1) is 0 Å². The van der Waals surface area contributed by atoms with Crippen LogP contribution in [0, 0.1) is 0 Å². The van der Waals surface area contributed by atoms with Gasteiger partial charge in [-0.25, -0.2) is 9.78 Å². The van der Waals surface area contributed by atoms with Gasteiger partial charge in [0.05, 0.1) is 12.3 Å². The quantitative estimate of drug-likeness (QED) is 0.841. The van der Waals surface area contributed by atoms with E-state index in [-0.39, 0.29) is 11.8 Å². The van der Waals surface area contributed by atoms with E-state index in [0.29, 0.717) is 37.5 Å². The number of fused-ring (bicyclic) bond motifs is 1. The first-order valence-electron chi connectivity index (χ1n) is 10.2. The molecule has 1 aromatic carbocycles. The lowest BCUT2D eigenvalue weighted by Gasteiger charge is -2.29. The number of benzene rings is 1. The van der Waals surface area contributed by atoms with Gasteiger partial charge in [0.2, 0.25) is 0 Å². The minimum Gasteiger partial charge on any atom is -0.494 e. The third-order valence-corrected chi connectivity index (χ3v) is 5.33. The summed E-state index contributed by atoms with van der Waals surface area (Å²) in [6.07, 6.45) is 2.58. The number of pyridine rings is 1. The van der Waals surface area contributed by atoms with Gasteiger partial charge in [0, 0.05) is 32.6 Å². The second-order valence-corrected chi connectivity index (χ2v) is 7.29. The normalized spacial score (nSPS) is 16.0. The number of anilines is 2. The summed E-state index contributed by atoms with van der Waals surface area (Å²) in [5.74, 6) is 1.63. The number of hydrogen-bond acceptors (Lipinski definition) is 5. The van der Waals surface area contributed by atoms with Crippen molar-refractivity contribution in [3.63, 3.8) is 0 Å². The van der Waals surface area contributed by atoms with Gasteiger partial charge < -0.3 is 15.0 Å². The largest absolute Gasteiger partial charge is 0.494 e. The Labute approximate surface area is 170 Å². The van der Waals surface area contributed by atoms with E-state index in [1.54, 1.807) is 4.90 Å². The van der Waals surface area contributed by atoms with E-state index in [2.05, 4.69) is 15.2 Å². The fourth-order valence-corrected chi connectivity index (χ4v) is 3.79. The lowest BCUT2D eigenvalue weighted by atomic mass is 10.1. The maximum Gasteiger partial charge on any atom is 0.322 e. The topological polar surface area (TPSA) is 74.8 Å². The molecule has 2 amide bonds. The molecule has 7 nitrogen and oxygen atoms in total. The Morgan fingerprint density at radius 2 is 1.86 bits per heavy atom. The molecule has 0 aliphatic carbocycles. The summed E-state index contributed by atoms with van der Waals surface area (Å²) in [6.45, 7) is 5.27. The van der Waals surface area contributed by atoms with E-state index in [1.165, 1.54) is 0 Å². The van der Waals surface area contributed by atoms with Gasteiger partial charge in [0.15, 0.2) is 5.78 Å². The van der Waals surface area contributed by atoms with Crippen LogP contribution in [0.25, 0.3) is 0 Å². The number of carbonyl (C=O) groups is 2. The molecule has 1 saturated heterocycles. The van der Waals surface area contributed by atoms with Crippen molar-refractivity contribution in [2.45, 2.75) is 32.7 Å². The fraction of sp³-hybridized carbons (Fsp3) is 0.409. The first kappa shape index (κ1) is 19.2. The Kier molecular flexibility index (Phi) is 5.64. The molecule has 0 bridgehead atoms. The lowest BCUT2D eigenvalue weighted by molar-refractivity contribution is 0.0976. The summed E-state index contributed by atoms with van der Waals surface area (Å²) in [5, 5.41) is 2.94. The van der Waals surface area contributed by atoms with Gasteiger partial charge in [-0.05, 0) is 49.6 Å². The molecule has 0 spiro atoms. The van der Waals surface area contributed by atoms with Crippen molar-refractivity contribution < 1.29 is 14.3 Å². The second-order valence-electron chi connectivity index (χ2n) is 7.29. The van der Waals surface area contributed by atoms with Gasteiger partial charge >= 0.3 is 6.03 Å². The van der Waals surface area contributed by atoms with E-state index < -0.39 is 0 Å². The van der Waals surface area contributed by atoms with Crippen LogP contribution in [0.4, 0.5) is 16.3 Å². The number of Topliss-reactive ketones (excluding diaryl/α,β-unsaturated/α-hetero) is 1.